The van der Waals surface area contributed by atoms with E-state index >= 15 is 0 Å². The average molecular weight is 347 g/mol. The van der Waals surface area contributed by atoms with E-state index in [0.717, 1.165) is 21.2 Å². The van der Waals surface area contributed by atoms with Gasteiger partial charge in [-0.15, -0.1) is 0 Å². The summed E-state index contributed by atoms with van der Waals surface area (Å²) in [6.45, 7) is 5.83. The van der Waals surface area contributed by atoms with Gasteiger partial charge in [-0.05, 0) is 55.7 Å². The number of carbonyl (C=O) groups is 1. The predicted molar refractivity (Wildman–Crippen MR) is 90.4 cm³/mol. The van der Waals surface area contributed by atoms with Crippen LogP contribution in [0.3, 0.4) is 0 Å². The highest BCUT2D eigenvalue weighted by molar-refractivity contribution is 9.10. The number of amides is 1. The number of nitrogens with one attached hydrogen (secondary N) is 1. The summed E-state index contributed by atoms with van der Waals surface area (Å²) >= 11 is 3.41. The number of benzene rings is 2. The zero-order chi connectivity index (χ0) is 15.6. The molecular formula is C17H19BrN2O. The van der Waals surface area contributed by atoms with Crippen molar-refractivity contribution < 1.29 is 4.79 Å². The molecule has 0 aromatic heterocycles. The molecule has 4 heteroatoms. The summed E-state index contributed by atoms with van der Waals surface area (Å²) in [5, 5.41) is 3.01. The number of rotatable bonds is 3. The first-order valence-electron chi connectivity index (χ1n) is 6.81. The van der Waals surface area contributed by atoms with Crippen molar-refractivity contribution >= 4 is 27.5 Å². The highest BCUT2D eigenvalue weighted by atomic mass is 79.9. The van der Waals surface area contributed by atoms with E-state index in [-0.39, 0.29) is 11.9 Å². The van der Waals surface area contributed by atoms with Crippen LogP contribution in [0, 0.1) is 13.8 Å². The molecule has 0 saturated heterocycles. The first-order chi connectivity index (χ1) is 9.88. The SMILES string of the molecule is Cc1cc(C)c(C(=O)N[C@H](C)c2ccc(Br)cc2)cc1N. The van der Waals surface area contributed by atoms with Crippen molar-refractivity contribution in [1.29, 1.82) is 0 Å². The van der Waals surface area contributed by atoms with Crippen molar-refractivity contribution in [2.45, 2.75) is 26.8 Å². The van der Waals surface area contributed by atoms with Crippen molar-refractivity contribution in [3.05, 3.63) is 63.1 Å². The monoisotopic (exact) mass is 346 g/mol. The molecule has 110 valence electrons. The molecule has 0 unspecified atom stereocenters. The second-order valence-electron chi connectivity index (χ2n) is 5.27. The van der Waals surface area contributed by atoms with E-state index < -0.39 is 0 Å². The van der Waals surface area contributed by atoms with Crippen molar-refractivity contribution in [2.24, 2.45) is 0 Å². The maximum Gasteiger partial charge on any atom is 0.252 e. The van der Waals surface area contributed by atoms with Crippen molar-refractivity contribution in [3.8, 4) is 0 Å². The van der Waals surface area contributed by atoms with Crippen molar-refractivity contribution in [2.75, 3.05) is 5.73 Å². The van der Waals surface area contributed by atoms with E-state index in [2.05, 4.69) is 21.2 Å². The number of nitrogen functional groups attached to an aromatic ring is 1. The fourth-order valence-electron chi connectivity index (χ4n) is 2.22. The Kier molecular flexibility index (Phi) is 4.68. The van der Waals surface area contributed by atoms with Gasteiger partial charge in [-0.25, -0.2) is 0 Å². The molecule has 0 aliphatic rings. The van der Waals surface area contributed by atoms with Crippen LogP contribution in [0.2, 0.25) is 0 Å². The van der Waals surface area contributed by atoms with E-state index in [1.807, 2.05) is 51.1 Å². The molecule has 1 atom stereocenters. The summed E-state index contributed by atoms with van der Waals surface area (Å²) in [5.74, 6) is -0.102. The van der Waals surface area contributed by atoms with Gasteiger partial charge < -0.3 is 11.1 Å². The second kappa shape index (κ2) is 6.31. The van der Waals surface area contributed by atoms with Gasteiger partial charge in [0.1, 0.15) is 0 Å². The molecule has 2 rings (SSSR count). The molecule has 0 heterocycles. The lowest BCUT2D eigenvalue weighted by molar-refractivity contribution is 0.0939. The number of aryl methyl sites for hydroxylation is 2. The van der Waals surface area contributed by atoms with Crippen LogP contribution in [-0.2, 0) is 0 Å². The van der Waals surface area contributed by atoms with Gasteiger partial charge in [-0.3, -0.25) is 4.79 Å². The Balaban J connectivity index is 2.18. The molecule has 0 spiro atoms. The Morgan fingerprint density at radius 3 is 2.38 bits per heavy atom. The minimum absolute atomic E-state index is 0.0625. The highest BCUT2D eigenvalue weighted by Gasteiger charge is 2.14. The van der Waals surface area contributed by atoms with Gasteiger partial charge in [0.2, 0.25) is 0 Å². The molecule has 3 N–H and O–H groups in total. The summed E-state index contributed by atoms with van der Waals surface area (Å²) in [6.07, 6.45) is 0. The van der Waals surface area contributed by atoms with Crippen molar-refractivity contribution in [1.82, 2.24) is 5.32 Å². The Morgan fingerprint density at radius 1 is 1.14 bits per heavy atom. The standard InChI is InChI=1S/C17H19BrN2O/c1-10-8-11(2)16(19)9-15(10)17(21)20-12(3)13-4-6-14(18)7-5-13/h4-9,12H,19H2,1-3H3,(H,20,21)/t12-/m1/s1. The number of anilines is 1. The Hall–Kier alpha value is -1.81. The normalized spacial score (nSPS) is 12.0. The van der Waals surface area contributed by atoms with Gasteiger partial charge in [0, 0.05) is 15.7 Å². The molecule has 0 radical (unpaired) electrons. The van der Waals surface area contributed by atoms with Gasteiger partial charge in [0.15, 0.2) is 0 Å². The van der Waals surface area contributed by atoms with Gasteiger partial charge in [-0.2, -0.15) is 0 Å². The van der Waals surface area contributed by atoms with Crippen LogP contribution in [0.15, 0.2) is 40.9 Å². The minimum Gasteiger partial charge on any atom is -0.398 e. The van der Waals surface area contributed by atoms with E-state index in [0.29, 0.717) is 11.3 Å². The van der Waals surface area contributed by atoms with Crippen LogP contribution in [-0.4, -0.2) is 5.91 Å². The number of halogens is 1. The number of hydrogen-bond acceptors (Lipinski definition) is 2. The van der Waals surface area contributed by atoms with Crippen LogP contribution in [0.1, 0.15) is 40.0 Å². The molecule has 2 aromatic carbocycles. The summed E-state index contributed by atoms with van der Waals surface area (Å²) in [4.78, 5) is 12.4. The first kappa shape index (κ1) is 15.6. The summed E-state index contributed by atoms with van der Waals surface area (Å²) in [6, 6.07) is 11.5. The third kappa shape index (κ3) is 3.64. The summed E-state index contributed by atoms with van der Waals surface area (Å²) in [7, 11) is 0. The lowest BCUT2D eigenvalue weighted by Crippen LogP contribution is -2.27. The summed E-state index contributed by atoms with van der Waals surface area (Å²) in [5.41, 5.74) is 10.2. The van der Waals surface area contributed by atoms with Gasteiger partial charge >= 0.3 is 0 Å². The number of nitrogens with two attached hydrogens (primary N) is 1. The molecule has 3 nitrogen and oxygen atoms in total. The van der Waals surface area contributed by atoms with Crippen LogP contribution < -0.4 is 11.1 Å². The molecule has 0 aliphatic heterocycles. The Labute approximate surface area is 133 Å². The Morgan fingerprint density at radius 2 is 1.76 bits per heavy atom. The molecule has 21 heavy (non-hydrogen) atoms. The molecular weight excluding hydrogens is 328 g/mol. The van der Waals surface area contributed by atoms with Crippen LogP contribution in [0.5, 0.6) is 0 Å². The van der Waals surface area contributed by atoms with E-state index in [1.54, 1.807) is 6.07 Å². The largest absolute Gasteiger partial charge is 0.398 e. The minimum atomic E-state index is -0.102. The van der Waals surface area contributed by atoms with Crippen LogP contribution in [0.25, 0.3) is 0 Å². The second-order valence-corrected chi connectivity index (χ2v) is 6.19. The molecule has 0 saturated carbocycles. The fourth-order valence-corrected chi connectivity index (χ4v) is 2.49. The highest BCUT2D eigenvalue weighted by Crippen LogP contribution is 2.20. The third-order valence-corrected chi connectivity index (χ3v) is 4.10. The van der Waals surface area contributed by atoms with E-state index in [4.69, 9.17) is 5.73 Å². The molecule has 0 bridgehead atoms. The van der Waals surface area contributed by atoms with E-state index in [1.165, 1.54) is 0 Å². The quantitative estimate of drug-likeness (QED) is 0.820. The molecule has 1 amide bonds. The van der Waals surface area contributed by atoms with E-state index in [9.17, 15) is 4.79 Å². The van der Waals surface area contributed by atoms with Crippen LogP contribution >= 0.6 is 15.9 Å². The maximum absolute atomic E-state index is 12.4. The zero-order valence-corrected chi connectivity index (χ0v) is 14.0. The molecule has 0 aliphatic carbocycles. The average Bonchev–Trinajstić information content (AvgIpc) is 2.43. The molecule has 0 fully saturated rings. The Bertz CT molecular complexity index is 665. The lowest BCUT2D eigenvalue weighted by atomic mass is 10.0. The topological polar surface area (TPSA) is 55.1 Å². The maximum atomic E-state index is 12.4. The number of hydrogen-bond donors (Lipinski definition) is 2. The number of carbonyl (C=O) groups excluding carboxylic acids is 1. The zero-order valence-electron chi connectivity index (χ0n) is 12.4. The lowest BCUT2D eigenvalue weighted by Gasteiger charge is -2.16. The smallest absolute Gasteiger partial charge is 0.252 e. The fraction of sp³-hybridized carbons (Fsp3) is 0.235. The van der Waals surface area contributed by atoms with Crippen molar-refractivity contribution in [3.63, 3.8) is 0 Å². The van der Waals surface area contributed by atoms with Gasteiger partial charge in [-0.1, -0.05) is 34.1 Å². The van der Waals surface area contributed by atoms with Gasteiger partial charge in [0.25, 0.3) is 5.91 Å². The van der Waals surface area contributed by atoms with Gasteiger partial charge in [0.05, 0.1) is 6.04 Å². The third-order valence-electron chi connectivity index (χ3n) is 3.58. The molecule has 2 aromatic rings. The van der Waals surface area contributed by atoms with Crippen LogP contribution in [0.4, 0.5) is 5.69 Å². The first-order valence-corrected chi connectivity index (χ1v) is 7.61. The predicted octanol–water partition coefficient (Wildman–Crippen LogP) is 4.14. The summed E-state index contributed by atoms with van der Waals surface area (Å²) < 4.78 is 1.02.